The number of fused-ring (bicyclic) bond motifs is 1. The molecule has 6 atom stereocenters. The number of nitrogens with zero attached hydrogens (tertiary/aromatic N) is 1. The number of aromatic nitrogens is 1. The zero-order chi connectivity index (χ0) is 26.6. The molecule has 5 rings (SSSR count). The van der Waals surface area contributed by atoms with E-state index >= 15 is 0 Å². The number of hydrogen-bond donors (Lipinski definition) is 3. The van der Waals surface area contributed by atoms with Crippen molar-refractivity contribution < 1.29 is 15.3 Å². The molecule has 0 amide bonds. The summed E-state index contributed by atoms with van der Waals surface area (Å²) in [5.41, 5.74) is 4.36. The summed E-state index contributed by atoms with van der Waals surface area (Å²) >= 11 is 1.69. The van der Waals surface area contributed by atoms with Gasteiger partial charge in [-0.2, -0.15) is 0 Å². The molecule has 1 heterocycles. The summed E-state index contributed by atoms with van der Waals surface area (Å²) in [6.45, 7) is 13.3. The van der Waals surface area contributed by atoms with Gasteiger partial charge in [0.2, 0.25) is 0 Å². The fourth-order valence-corrected chi connectivity index (χ4v) is 9.01. The summed E-state index contributed by atoms with van der Waals surface area (Å²) in [6, 6.07) is 0. The number of hydrogen-bond acceptors (Lipinski definition) is 5. The van der Waals surface area contributed by atoms with E-state index in [1.165, 1.54) is 31.3 Å². The van der Waals surface area contributed by atoms with E-state index in [4.69, 9.17) is 4.98 Å². The molecule has 4 saturated carbocycles. The van der Waals surface area contributed by atoms with E-state index in [0.717, 1.165) is 41.1 Å². The van der Waals surface area contributed by atoms with Gasteiger partial charge < -0.3 is 15.3 Å². The fourth-order valence-electron chi connectivity index (χ4n) is 7.92. The second kappa shape index (κ2) is 9.89. The van der Waals surface area contributed by atoms with E-state index in [9.17, 15) is 15.3 Å². The van der Waals surface area contributed by atoms with Gasteiger partial charge in [0, 0.05) is 17.5 Å². The predicted octanol–water partition coefficient (Wildman–Crippen LogP) is 6.57. The monoisotopic (exact) mass is 523 g/mol. The van der Waals surface area contributed by atoms with Crippen molar-refractivity contribution in [2.45, 2.75) is 109 Å². The number of aliphatic hydroxyl groups is 3. The summed E-state index contributed by atoms with van der Waals surface area (Å²) in [5, 5.41) is 34.8. The van der Waals surface area contributed by atoms with Crippen LogP contribution in [0.4, 0.5) is 0 Å². The lowest BCUT2D eigenvalue weighted by Crippen LogP contribution is -2.39. The summed E-state index contributed by atoms with van der Waals surface area (Å²) in [4.78, 5) is 4.71. The number of thiazole rings is 1. The molecule has 0 aliphatic heterocycles. The van der Waals surface area contributed by atoms with Crippen molar-refractivity contribution in [2.24, 2.45) is 22.7 Å². The van der Waals surface area contributed by atoms with Gasteiger partial charge in [-0.15, -0.1) is 11.3 Å². The molecule has 202 valence electrons. The molecule has 4 aliphatic rings. The highest BCUT2D eigenvalue weighted by atomic mass is 32.1. The quantitative estimate of drug-likeness (QED) is 0.369. The van der Waals surface area contributed by atoms with Crippen LogP contribution in [0.15, 0.2) is 53.0 Å². The van der Waals surface area contributed by atoms with E-state index in [-0.39, 0.29) is 16.2 Å². The highest BCUT2D eigenvalue weighted by Gasteiger charge is 2.54. The minimum absolute atomic E-state index is 0.00779. The van der Waals surface area contributed by atoms with Crippen molar-refractivity contribution in [2.75, 3.05) is 0 Å². The molecule has 3 N–H and O–H groups in total. The molecule has 1 aromatic rings. The molecule has 5 heteroatoms. The van der Waals surface area contributed by atoms with Crippen LogP contribution in [0.5, 0.6) is 0 Å². The zero-order valence-electron chi connectivity index (χ0n) is 23.0. The Morgan fingerprint density at radius 2 is 1.95 bits per heavy atom. The number of rotatable bonds is 6. The lowest BCUT2D eigenvalue weighted by atomic mass is 9.57. The normalized spacial score (nSPS) is 36.9. The number of aliphatic hydroxyl groups excluding tert-OH is 3. The molecule has 0 saturated heterocycles. The molecule has 4 aliphatic carbocycles. The van der Waals surface area contributed by atoms with E-state index in [1.54, 1.807) is 11.3 Å². The first-order valence-electron chi connectivity index (χ1n) is 14.2. The molecule has 0 radical (unpaired) electrons. The number of aryl methyl sites for hydroxylation is 1. The molecular formula is C32H45NO3S. The minimum atomic E-state index is -0.641. The Balaban J connectivity index is 1.33. The summed E-state index contributed by atoms with van der Waals surface area (Å²) in [6.07, 6.45) is 16.1. The Morgan fingerprint density at radius 3 is 2.62 bits per heavy atom. The van der Waals surface area contributed by atoms with Crippen LogP contribution in [-0.2, 0) is 5.41 Å². The van der Waals surface area contributed by atoms with Gasteiger partial charge in [-0.05, 0) is 92.1 Å². The Bertz CT molecular complexity index is 1120. The van der Waals surface area contributed by atoms with Crippen LogP contribution >= 0.6 is 11.3 Å². The Labute approximate surface area is 226 Å². The topological polar surface area (TPSA) is 73.6 Å². The molecule has 37 heavy (non-hydrogen) atoms. The van der Waals surface area contributed by atoms with Crippen molar-refractivity contribution in [3.63, 3.8) is 0 Å². The average Bonchev–Trinajstić information content (AvgIpc) is 3.40. The second-order valence-corrected chi connectivity index (χ2v) is 14.0. The van der Waals surface area contributed by atoms with E-state index in [2.05, 4.69) is 57.0 Å². The van der Waals surface area contributed by atoms with Crippen LogP contribution in [-0.4, -0.2) is 38.6 Å². The summed E-state index contributed by atoms with van der Waals surface area (Å²) in [7, 11) is 0. The molecule has 4 fully saturated rings. The van der Waals surface area contributed by atoms with E-state index in [0.29, 0.717) is 24.7 Å². The summed E-state index contributed by atoms with van der Waals surface area (Å²) in [5.74, 6) is 1.11. The zero-order valence-corrected chi connectivity index (χ0v) is 23.9. The molecule has 1 aromatic heterocycles. The van der Waals surface area contributed by atoms with Gasteiger partial charge in [0.15, 0.2) is 0 Å². The first kappa shape index (κ1) is 27.1. The maximum Gasteiger partial charge on any atom is 0.102 e. The SMILES string of the molecule is C=C1/C(=C\C=C2/CCC[C@]3(C)[C@@H](C(C)(C)/C=C/[C@@H](O)C4(c5nc(C)cs5)CC4)CC[C@@H]23)C[C@@H](O)C[C@@H]1O. The molecular weight excluding hydrogens is 478 g/mol. The molecule has 4 nitrogen and oxygen atoms in total. The Morgan fingerprint density at radius 1 is 1.19 bits per heavy atom. The molecule has 0 bridgehead atoms. The highest BCUT2D eigenvalue weighted by Crippen LogP contribution is 2.62. The minimum Gasteiger partial charge on any atom is -0.393 e. The number of allylic oxidation sites excluding steroid dienone is 4. The van der Waals surface area contributed by atoms with Gasteiger partial charge in [-0.3, -0.25) is 0 Å². The largest absolute Gasteiger partial charge is 0.393 e. The molecule has 0 spiro atoms. The van der Waals surface area contributed by atoms with Crippen LogP contribution in [0.1, 0.15) is 89.3 Å². The third-order valence-electron chi connectivity index (χ3n) is 10.2. The first-order chi connectivity index (χ1) is 17.5. The van der Waals surface area contributed by atoms with Crippen molar-refractivity contribution in [3.05, 3.63) is 63.7 Å². The van der Waals surface area contributed by atoms with E-state index < -0.39 is 18.3 Å². The fraction of sp³-hybridized carbons (Fsp3) is 0.656. The first-order valence-corrected chi connectivity index (χ1v) is 15.1. The van der Waals surface area contributed by atoms with Crippen LogP contribution in [0.3, 0.4) is 0 Å². The smallest absolute Gasteiger partial charge is 0.102 e. The van der Waals surface area contributed by atoms with Crippen molar-refractivity contribution in [3.8, 4) is 0 Å². The van der Waals surface area contributed by atoms with Crippen molar-refractivity contribution in [1.82, 2.24) is 4.98 Å². The van der Waals surface area contributed by atoms with Gasteiger partial charge in [-0.25, -0.2) is 4.98 Å². The Hall–Kier alpha value is -1.53. The summed E-state index contributed by atoms with van der Waals surface area (Å²) < 4.78 is 0. The van der Waals surface area contributed by atoms with Crippen LogP contribution in [0, 0.1) is 29.6 Å². The lowest BCUT2D eigenvalue weighted by Gasteiger charge is -2.47. The average molecular weight is 524 g/mol. The van der Waals surface area contributed by atoms with Crippen molar-refractivity contribution in [1.29, 1.82) is 0 Å². The third kappa shape index (κ3) is 4.97. The van der Waals surface area contributed by atoms with Crippen LogP contribution in [0.2, 0.25) is 0 Å². The maximum absolute atomic E-state index is 11.2. The second-order valence-electron chi connectivity index (χ2n) is 13.2. The lowest BCUT2D eigenvalue weighted by molar-refractivity contribution is 0.0706. The van der Waals surface area contributed by atoms with E-state index in [1.807, 2.05) is 6.92 Å². The molecule has 0 unspecified atom stereocenters. The van der Waals surface area contributed by atoms with Gasteiger partial charge in [0.05, 0.1) is 23.7 Å². The third-order valence-corrected chi connectivity index (χ3v) is 11.4. The predicted molar refractivity (Wildman–Crippen MR) is 151 cm³/mol. The standard InChI is InChI=1S/C32H45NO3S/c1-20-19-37-29(33-20)32(15-16-32)28(36)12-14-30(3,4)27-11-10-25-22(7-6-13-31(25,27)5)8-9-23-17-24(34)18-26(35)21(23)2/h8-9,12,14,19,24-28,34-36H,2,6-7,10-11,13,15-18H2,1,3-5H3/b14-12+,22-8+,23-9-/t24-,25+,26+,27-,28-,31+/m1/s1. The van der Waals surface area contributed by atoms with Gasteiger partial charge in [-0.1, -0.05) is 57.2 Å². The highest BCUT2D eigenvalue weighted by molar-refractivity contribution is 7.09. The van der Waals surface area contributed by atoms with Crippen LogP contribution < -0.4 is 0 Å². The van der Waals surface area contributed by atoms with Crippen molar-refractivity contribution >= 4 is 11.3 Å². The van der Waals surface area contributed by atoms with Crippen LogP contribution in [0.25, 0.3) is 0 Å². The van der Waals surface area contributed by atoms with Gasteiger partial charge in [0.1, 0.15) is 5.01 Å². The Kier molecular flexibility index (Phi) is 7.23. The molecule has 0 aromatic carbocycles. The van der Waals surface area contributed by atoms with Gasteiger partial charge >= 0.3 is 0 Å². The van der Waals surface area contributed by atoms with Gasteiger partial charge in [0.25, 0.3) is 0 Å². The maximum atomic E-state index is 11.2.